The fourth-order valence-electron chi connectivity index (χ4n) is 5.16. The number of carboxylic acids is 1. The Morgan fingerprint density at radius 2 is 1.71 bits per heavy atom. The van der Waals surface area contributed by atoms with Crippen LogP contribution in [-0.4, -0.2) is 29.1 Å². The van der Waals surface area contributed by atoms with E-state index in [1.165, 1.54) is 0 Å². The van der Waals surface area contributed by atoms with Crippen molar-refractivity contribution in [3.05, 3.63) is 62.6 Å². The number of anilines is 1. The van der Waals surface area contributed by atoms with E-state index in [1.807, 2.05) is 6.07 Å². The first-order valence-corrected chi connectivity index (χ1v) is 11.1. The van der Waals surface area contributed by atoms with Gasteiger partial charge in [-0.2, -0.15) is 0 Å². The van der Waals surface area contributed by atoms with Gasteiger partial charge >= 0.3 is 5.97 Å². The summed E-state index contributed by atoms with van der Waals surface area (Å²) in [4.78, 5) is 26.1. The molecule has 8 heteroatoms. The molecule has 3 N–H and O–H groups in total. The molecule has 4 atom stereocenters. The highest BCUT2D eigenvalue weighted by molar-refractivity contribution is 6.34. The van der Waals surface area contributed by atoms with Crippen LogP contribution < -0.4 is 10.6 Å². The maximum atomic E-state index is 13.7. The van der Waals surface area contributed by atoms with Gasteiger partial charge in [-0.1, -0.05) is 61.6 Å². The van der Waals surface area contributed by atoms with Crippen molar-refractivity contribution < 1.29 is 14.7 Å². The molecule has 1 fully saturated rings. The highest BCUT2D eigenvalue weighted by Gasteiger charge is 2.65. The number of aliphatic carboxylic acids is 1. The normalized spacial score (nSPS) is 27.4. The van der Waals surface area contributed by atoms with Crippen LogP contribution in [0.3, 0.4) is 0 Å². The highest BCUT2D eigenvalue weighted by atomic mass is 35.5. The van der Waals surface area contributed by atoms with Crippen molar-refractivity contribution >= 4 is 52.4 Å². The number of carbonyl (C=O) groups is 2. The lowest BCUT2D eigenvalue weighted by atomic mass is 9.62. The lowest BCUT2D eigenvalue weighted by Gasteiger charge is -2.37. The van der Waals surface area contributed by atoms with Gasteiger partial charge in [-0.05, 0) is 53.3 Å². The third-order valence-electron chi connectivity index (χ3n) is 6.13. The standard InChI is InChI=1S/C23H23Cl3N2O3/c1-22(2,3)10-17-23(15-5-4-12(24)9-16(15)27-21(23)31)18(19(28-17)20(29)30)11-6-13(25)8-14(26)7-11/h4-9,17-19,28H,10H2,1-3H3,(H,27,31)(H,29,30)/t17-,18+,19-,23+/m1/s1. The molecule has 2 aliphatic rings. The smallest absolute Gasteiger partial charge is 0.321 e. The highest BCUT2D eigenvalue weighted by Crippen LogP contribution is 2.56. The summed E-state index contributed by atoms with van der Waals surface area (Å²) in [5.41, 5.74) is 0.608. The average molecular weight is 482 g/mol. The SMILES string of the molecule is CC(C)(C)C[C@H]1N[C@@H](C(=O)O)[C@H](c2cc(Cl)cc(Cl)c2)[C@@]12C(=O)Nc1cc(Cl)ccc12. The van der Waals surface area contributed by atoms with Gasteiger partial charge in [-0.15, -0.1) is 0 Å². The molecule has 0 bridgehead atoms. The maximum absolute atomic E-state index is 13.7. The number of halogens is 3. The van der Waals surface area contributed by atoms with Gasteiger partial charge in [0.2, 0.25) is 5.91 Å². The number of hydrogen-bond acceptors (Lipinski definition) is 3. The fraction of sp³-hybridized carbons (Fsp3) is 0.391. The summed E-state index contributed by atoms with van der Waals surface area (Å²) in [6, 6.07) is 8.78. The lowest BCUT2D eigenvalue weighted by molar-refractivity contribution is -0.139. The van der Waals surface area contributed by atoms with Crippen molar-refractivity contribution in [2.75, 3.05) is 5.32 Å². The molecule has 2 aromatic rings. The summed E-state index contributed by atoms with van der Waals surface area (Å²) in [5.74, 6) is -2.01. The van der Waals surface area contributed by atoms with Gasteiger partial charge in [-0.3, -0.25) is 14.9 Å². The zero-order valence-electron chi connectivity index (χ0n) is 17.3. The monoisotopic (exact) mass is 480 g/mol. The molecular weight excluding hydrogens is 459 g/mol. The van der Waals surface area contributed by atoms with Crippen LogP contribution in [0.25, 0.3) is 0 Å². The Labute approximate surface area is 196 Å². The molecule has 164 valence electrons. The van der Waals surface area contributed by atoms with Crippen molar-refractivity contribution in [3.63, 3.8) is 0 Å². The van der Waals surface area contributed by atoms with Gasteiger partial charge in [0, 0.05) is 32.7 Å². The second-order valence-corrected chi connectivity index (χ2v) is 10.8. The number of carboxylic acid groups (broad SMARTS) is 1. The molecule has 1 spiro atoms. The van der Waals surface area contributed by atoms with Crippen LogP contribution in [0.2, 0.25) is 15.1 Å². The molecule has 31 heavy (non-hydrogen) atoms. The summed E-state index contributed by atoms with van der Waals surface area (Å²) in [5, 5.41) is 17.6. The minimum Gasteiger partial charge on any atom is -0.480 e. The number of amides is 1. The van der Waals surface area contributed by atoms with E-state index in [1.54, 1.807) is 30.3 Å². The molecule has 2 aromatic carbocycles. The third-order valence-corrected chi connectivity index (χ3v) is 6.80. The van der Waals surface area contributed by atoms with Gasteiger partial charge in [0.15, 0.2) is 0 Å². The average Bonchev–Trinajstić information content (AvgIpc) is 3.09. The van der Waals surface area contributed by atoms with Crippen LogP contribution in [0, 0.1) is 5.41 Å². The van der Waals surface area contributed by atoms with Gasteiger partial charge in [0.05, 0.1) is 0 Å². The molecule has 0 unspecified atom stereocenters. The van der Waals surface area contributed by atoms with E-state index in [4.69, 9.17) is 34.8 Å². The first-order chi connectivity index (χ1) is 14.4. The lowest BCUT2D eigenvalue weighted by Crippen LogP contribution is -2.49. The Morgan fingerprint density at radius 3 is 2.29 bits per heavy atom. The molecule has 1 amide bonds. The topological polar surface area (TPSA) is 78.4 Å². The quantitative estimate of drug-likeness (QED) is 0.542. The van der Waals surface area contributed by atoms with E-state index in [0.717, 1.165) is 5.56 Å². The zero-order valence-corrected chi connectivity index (χ0v) is 19.6. The van der Waals surface area contributed by atoms with E-state index >= 15 is 0 Å². The van der Waals surface area contributed by atoms with Crippen molar-refractivity contribution in [1.82, 2.24) is 5.32 Å². The largest absolute Gasteiger partial charge is 0.480 e. The minimum atomic E-state index is -1.16. The molecular formula is C23H23Cl3N2O3. The maximum Gasteiger partial charge on any atom is 0.321 e. The molecule has 2 heterocycles. The third kappa shape index (κ3) is 3.72. The van der Waals surface area contributed by atoms with E-state index < -0.39 is 29.4 Å². The Morgan fingerprint density at radius 1 is 1.06 bits per heavy atom. The Balaban J connectivity index is 2.02. The summed E-state index contributed by atoms with van der Waals surface area (Å²) in [7, 11) is 0. The number of carbonyl (C=O) groups excluding carboxylic acids is 1. The minimum absolute atomic E-state index is 0.163. The Kier molecular flexibility index (Phi) is 5.54. The van der Waals surface area contributed by atoms with E-state index in [9.17, 15) is 14.7 Å². The molecule has 0 radical (unpaired) electrons. The second-order valence-electron chi connectivity index (χ2n) is 9.49. The predicted octanol–water partition coefficient (Wildman–Crippen LogP) is 5.48. The fourth-order valence-corrected chi connectivity index (χ4v) is 5.88. The van der Waals surface area contributed by atoms with Crippen molar-refractivity contribution in [2.45, 2.75) is 50.6 Å². The van der Waals surface area contributed by atoms with E-state index in [2.05, 4.69) is 31.4 Å². The van der Waals surface area contributed by atoms with Crippen LogP contribution >= 0.6 is 34.8 Å². The van der Waals surface area contributed by atoms with E-state index in [-0.39, 0.29) is 11.3 Å². The second kappa shape index (κ2) is 7.66. The molecule has 0 aromatic heterocycles. The number of benzene rings is 2. The summed E-state index contributed by atoms with van der Waals surface area (Å²) in [6.45, 7) is 6.20. The van der Waals surface area contributed by atoms with Crippen molar-refractivity contribution in [3.8, 4) is 0 Å². The molecule has 0 aliphatic carbocycles. The van der Waals surface area contributed by atoms with Crippen molar-refractivity contribution in [1.29, 1.82) is 0 Å². The predicted molar refractivity (Wildman–Crippen MR) is 123 cm³/mol. The molecule has 0 saturated carbocycles. The molecule has 4 rings (SSSR count). The summed E-state index contributed by atoms with van der Waals surface area (Å²) < 4.78 is 0. The van der Waals surface area contributed by atoms with Crippen LogP contribution in [0.1, 0.15) is 44.2 Å². The number of nitrogens with one attached hydrogen (secondary N) is 2. The van der Waals surface area contributed by atoms with Crippen LogP contribution in [-0.2, 0) is 15.0 Å². The molecule has 5 nitrogen and oxygen atoms in total. The zero-order chi connectivity index (χ0) is 22.7. The molecule has 2 aliphatic heterocycles. The van der Waals surface area contributed by atoms with Crippen LogP contribution in [0.15, 0.2) is 36.4 Å². The van der Waals surface area contributed by atoms with Gasteiger partial charge in [-0.25, -0.2) is 0 Å². The summed E-state index contributed by atoms with van der Waals surface area (Å²) >= 11 is 18.7. The molecule has 1 saturated heterocycles. The number of hydrogen-bond donors (Lipinski definition) is 3. The van der Waals surface area contributed by atoms with E-state index in [0.29, 0.717) is 32.7 Å². The van der Waals surface area contributed by atoms with Crippen LogP contribution in [0.5, 0.6) is 0 Å². The van der Waals surface area contributed by atoms with Crippen LogP contribution in [0.4, 0.5) is 5.69 Å². The van der Waals surface area contributed by atoms with Crippen molar-refractivity contribution in [2.24, 2.45) is 5.41 Å². The summed E-state index contributed by atoms with van der Waals surface area (Å²) in [6.07, 6.45) is 0.580. The number of fused-ring (bicyclic) bond motifs is 2. The Bertz CT molecular complexity index is 1060. The van der Waals surface area contributed by atoms with Gasteiger partial charge in [0.1, 0.15) is 11.5 Å². The Hall–Kier alpha value is -1.79. The van der Waals surface area contributed by atoms with Gasteiger partial charge in [0.25, 0.3) is 0 Å². The number of rotatable bonds is 3. The first-order valence-electron chi connectivity index (χ1n) is 10.00. The first kappa shape index (κ1) is 22.4. The van der Waals surface area contributed by atoms with Gasteiger partial charge < -0.3 is 10.4 Å².